The monoisotopic (exact) mass is 346 g/mol. The average Bonchev–Trinajstić information content (AvgIpc) is 3.31. The zero-order valence-electron chi connectivity index (χ0n) is 14.0. The highest BCUT2D eigenvalue weighted by Gasteiger charge is 2.25. The van der Waals surface area contributed by atoms with E-state index in [-0.39, 0.29) is 0 Å². The predicted octanol–water partition coefficient (Wildman–Crippen LogP) is 5.13. The minimum Gasteiger partial charge on any atom is -0.464 e. The molecule has 0 spiro atoms. The fourth-order valence-electron chi connectivity index (χ4n) is 3.83. The summed E-state index contributed by atoms with van der Waals surface area (Å²) in [4.78, 5) is 6.86. The number of benzene rings is 2. The quantitative estimate of drug-likeness (QED) is 0.504. The van der Waals surface area contributed by atoms with Crippen LogP contribution in [0.3, 0.4) is 0 Å². The standard InChI is InChI=1S/C21H18N2OS/c1-23-12-17-11-16(21-22-7-9-25-21)2-4-18(17)19(13-23)14-3-5-20-15(10-14)6-8-24-20/h2-11,19H,12-13H2,1H3. The Morgan fingerprint density at radius 1 is 1.16 bits per heavy atom. The van der Waals surface area contributed by atoms with E-state index in [9.17, 15) is 0 Å². The average molecular weight is 346 g/mol. The Balaban J connectivity index is 1.60. The van der Waals surface area contributed by atoms with E-state index in [1.54, 1.807) is 17.6 Å². The van der Waals surface area contributed by atoms with Crippen LogP contribution in [-0.2, 0) is 6.54 Å². The van der Waals surface area contributed by atoms with E-state index in [0.29, 0.717) is 5.92 Å². The van der Waals surface area contributed by atoms with E-state index in [4.69, 9.17) is 4.42 Å². The number of furan rings is 1. The van der Waals surface area contributed by atoms with E-state index < -0.39 is 0 Å². The first-order valence-electron chi connectivity index (χ1n) is 8.46. The summed E-state index contributed by atoms with van der Waals surface area (Å²) in [5.41, 5.74) is 6.35. The van der Waals surface area contributed by atoms with Crippen LogP contribution in [0.4, 0.5) is 0 Å². The Morgan fingerprint density at radius 3 is 3.00 bits per heavy atom. The number of hydrogen-bond donors (Lipinski definition) is 0. The van der Waals surface area contributed by atoms with Crippen molar-refractivity contribution in [1.82, 2.24) is 9.88 Å². The number of rotatable bonds is 2. The maximum Gasteiger partial charge on any atom is 0.133 e. The molecule has 1 aliphatic rings. The lowest BCUT2D eigenvalue weighted by molar-refractivity contribution is 0.295. The molecule has 0 aliphatic carbocycles. The van der Waals surface area contributed by atoms with Crippen LogP contribution in [0.1, 0.15) is 22.6 Å². The van der Waals surface area contributed by atoms with Crippen molar-refractivity contribution in [3.63, 3.8) is 0 Å². The number of thiazole rings is 1. The van der Waals surface area contributed by atoms with Crippen LogP contribution in [-0.4, -0.2) is 23.5 Å². The van der Waals surface area contributed by atoms with Gasteiger partial charge in [-0.15, -0.1) is 11.3 Å². The highest BCUT2D eigenvalue weighted by molar-refractivity contribution is 7.13. The fraction of sp³-hybridized carbons (Fsp3) is 0.190. The van der Waals surface area contributed by atoms with Gasteiger partial charge in [-0.1, -0.05) is 18.2 Å². The molecule has 0 saturated heterocycles. The van der Waals surface area contributed by atoms with Crippen molar-refractivity contribution < 1.29 is 4.42 Å². The molecule has 25 heavy (non-hydrogen) atoms. The van der Waals surface area contributed by atoms with Crippen molar-refractivity contribution in [2.75, 3.05) is 13.6 Å². The Hall–Kier alpha value is -2.43. The van der Waals surface area contributed by atoms with E-state index in [0.717, 1.165) is 23.7 Å². The van der Waals surface area contributed by atoms with Crippen molar-refractivity contribution in [2.45, 2.75) is 12.5 Å². The van der Waals surface area contributed by atoms with Gasteiger partial charge in [0.15, 0.2) is 0 Å². The molecule has 1 aliphatic heterocycles. The van der Waals surface area contributed by atoms with Crippen molar-refractivity contribution in [3.05, 3.63) is 77.0 Å². The Kier molecular flexibility index (Phi) is 3.47. The molecular weight excluding hydrogens is 328 g/mol. The minimum atomic E-state index is 0.387. The zero-order valence-corrected chi connectivity index (χ0v) is 14.8. The first-order valence-corrected chi connectivity index (χ1v) is 9.34. The topological polar surface area (TPSA) is 29.3 Å². The van der Waals surface area contributed by atoms with Crippen molar-refractivity contribution in [3.8, 4) is 10.6 Å². The molecule has 0 amide bonds. The third-order valence-electron chi connectivity index (χ3n) is 5.01. The van der Waals surface area contributed by atoms with Gasteiger partial charge in [-0.05, 0) is 48.0 Å². The Morgan fingerprint density at radius 2 is 2.12 bits per heavy atom. The van der Waals surface area contributed by atoms with Crippen molar-refractivity contribution in [1.29, 1.82) is 0 Å². The third kappa shape index (κ3) is 2.58. The molecule has 1 unspecified atom stereocenters. The highest BCUT2D eigenvalue weighted by atomic mass is 32.1. The van der Waals surface area contributed by atoms with Gasteiger partial charge in [0, 0.05) is 41.5 Å². The molecule has 124 valence electrons. The maximum atomic E-state index is 5.49. The molecule has 5 rings (SSSR count). The lowest BCUT2D eigenvalue weighted by atomic mass is 9.84. The first-order chi connectivity index (χ1) is 12.3. The molecule has 3 nitrogen and oxygen atoms in total. The van der Waals surface area contributed by atoms with Crippen molar-refractivity contribution >= 4 is 22.3 Å². The van der Waals surface area contributed by atoms with Crippen LogP contribution in [0.15, 0.2) is 64.7 Å². The largest absolute Gasteiger partial charge is 0.464 e. The molecule has 0 fully saturated rings. The molecule has 4 aromatic rings. The summed E-state index contributed by atoms with van der Waals surface area (Å²) in [7, 11) is 2.20. The van der Waals surface area contributed by atoms with Crippen LogP contribution in [0, 0.1) is 0 Å². The van der Waals surface area contributed by atoms with E-state index >= 15 is 0 Å². The van der Waals surface area contributed by atoms with Gasteiger partial charge in [-0.25, -0.2) is 4.98 Å². The molecule has 2 aromatic carbocycles. The smallest absolute Gasteiger partial charge is 0.133 e. The van der Waals surface area contributed by atoms with E-state index in [2.05, 4.69) is 53.3 Å². The SMILES string of the molecule is CN1Cc2cc(-c3nccs3)ccc2C(c2ccc3occc3c2)C1. The number of fused-ring (bicyclic) bond motifs is 2. The maximum absolute atomic E-state index is 5.49. The van der Waals surface area contributed by atoms with E-state index in [1.165, 1.54) is 27.6 Å². The lowest BCUT2D eigenvalue weighted by Crippen LogP contribution is -2.31. The molecular formula is C21H18N2OS. The number of hydrogen-bond acceptors (Lipinski definition) is 4. The second-order valence-electron chi connectivity index (χ2n) is 6.72. The summed E-state index contributed by atoms with van der Waals surface area (Å²) < 4.78 is 5.49. The van der Waals surface area contributed by atoms with Crippen molar-refractivity contribution in [2.24, 2.45) is 0 Å². The number of aromatic nitrogens is 1. The second kappa shape index (κ2) is 5.83. The predicted molar refractivity (Wildman–Crippen MR) is 102 cm³/mol. The Bertz CT molecular complexity index is 1040. The number of likely N-dealkylation sites (N-methyl/N-ethyl adjacent to an activating group) is 1. The summed E-state index contributed by atoms with van der Waals surface area (Å²) in [6.45, 7) is 2.02. The molecule has 2 aromatic heterocycles. The molecule has 0 N–H and O–H groups in total. The summed E-state index contributed by atoms with van der Waals surface area (Å²) in [6.07, 6.45) is 3.63. The summed E-state index contributed by atoms with van der Waals surface area (Å²) >= 11 is 1.69. The lowest BCUT2D eigenvalue weighted by Gasteiger charge is -2.33. The molecule has 1 atom stereocenters. The fourth-order valence-corrected chi connectivity index (χ4v) is 4.47. The van der Waals surface area contributed by atoms with E-state index in [1.807, 2.05) is 17.6 Å². The first kappa shape index (κ1) is 14.9. The van der Waals surface area contributed by atoms with Gasteiger partial charge in [0.05, 0.1) is 6.26 Å². The van der Waals surface area contributed by atoms with Gasteiger partial charge >= 0.3 is 0 Å². The second-order valence-corrected chi connectivity index (χ2v) is 7.61. The van der Waals surface area contributed by atoms with Crippen LogP contribution >= 0.6 is 11.3 Å². The van der Waals surface area contributed by atoms with Gasteiger partial charge in [0.1, 0.15) is 10.6 Å². The summed E-state index contributed by atoms with van der Waals surface area (Å²) in [5.74, 6) is 0.387. The molecule has 0 bridgehead atoms. The van der Waals surface area contributed by atoms with Gasteiger partial charge < -0.3 is 9.32 Å². The normalized spacial score (nSPS) is 17.7. The summed E-state index contributed by atoms with van der Waals surface area (Å²) in [6, 6.07) is 15.4. The molecule has 3 heterocycles. The third-order valence-corrected chi connectivity index (χ3v) is 5.83. The van der Waals surface area contributed by atoms with Crippen LogP contribution in [0.2, 0.25) is 0 Å². The van der Waals surface area contributed by atoms with Gasteiger partial charge in [0.2, 0.25) is 0 Å². The zero-order chi connectivity index (χ0) is 16.8. The van der Waals surface area contributed by atoms with Gasteiger partial charge in [-0.2, -0.15) is 0 Å². The highest BCUT2D eigenvalue weighted by Crippen LogP contribution is 2.36. The van der Waals surface area contributed by atoms with Crippen LogP contribution in [0.25, 0.3) is 21.5 Å². The molecule has 0 saturated carbocycles. The van der Waals surface area contributed by atoms with Crippen LogP contribution < -0.4 is 0 Å². The van der Waals surface area contributed by atoms with Gasteiger partial charge in [-0.3, -0.25) is 0 Å². The summed E-state index contributed by atoms with van der Waals surface area (Å²) in [5, 5.41) is 4.29. The minimum absolute atomic E-state index is 0.387. The molecule has 4 heteroatoms. The van der Waals surface area contributed by atoms with Gasteiger partial charge in [0.25, 0.3) is 0 Å². The molecule has 0 radical (unpaired) electrons. The van der Waals surface area contributed by atoms with Crippen LogP contribution in [0.5, 0.6) is 0 Å². The Labute approximate surface area is 150 Å². The number of nitrogens with zero attached hydrogens (tertiary/aromatic N) is 2.